The van der Waals surface area contributed by atoms with Gasteiger partial charge in [-0.2, -0.15) is 0 Å². The number of nitrogens with zero attached hydrogens (tertiary/aromatic N) is 3. The zero-order valence-corrected chi connectivity index (χ0v) is 16.8. The largest absolute Gasteiger partial charge is 0.299 e. The van der Waals surface area contributed by atoms with Crippen LogP contribution in [0.5, 0.6) is 0 Å². The average molecular weight is 397 g/mol. The van der Waals surface area contributed by atoms with Crippen molar-refractivity contribution in [2.75, 3.05) is 0 Å². The molecule has 1 heterocycles. The second-order valence-corrected chi connectivity index (χ2v) is 7.22. The SMILES string of the molecule is [C-]#[N+]c1cccc(-c2nccn2-c2c(-c3ccccc3)cccc2-c2ccccc2)c1. The molecule has 1 aromatic heterocycles. The first-order valence-corrected chi connectivity index (χ1v) is 10.1. The zero-order chi connectivity index (χ0) is 21.0. The van der Waals surface area contributed by atoms with Gasteiger partial charge in [-0.15, -0.1) is 0 Å². The summed E-state index contributed by atoms with van der Waals surface area (Å²) in [5.41, 5.74) is 7.13. The Labute approximate surface area is 181 Å². The predicted octanol–water partition coefficient (Wildman–Crippen LogP) is 7.42. The van der Waals surface area contributed by atoms with Gasteiger partial charge in [-0.3, -0.25) is 4.57 Å². The van der Waals surface area contributed by atoms with Crippen molar-refractivity contribution in [2.45, 2.75) is 0 Å². The molecule has 0 fully saturated rings. The van der Waals surface area contributed by atoms with Crippen molar-refractivity contribution in [1.29, 1.82) is 0 Å². The van der Waals surface area contributed by atoms with Gasteiger partial charge in [-0.1, -0.05) is 97.1 Å². The lowest BCUT2D eigenvalue weighted by Gasteiger charge is -2.18. The van der Waals surface area contributed by atoms with Crippen molar-refractivity contribution in [3.63, 3.8) is 0 Å². The molecule has 146 valence electrons. The highest BCUT2D eigenvalue weighted by Gasteiger charge is 2.17. The van der Waals surface area contributed by atoms with Gasteiger partial charge < -0.3 is 0 Å². The van der Waals surface area contributed by atoms with E-state index in [0.29, 0.717) is 5.69 Å². The monoisotopic (exact) mass is 397 g/mol. The summed E-state index contributed by atoms with van der Waals surface area (Å²) in [7, 11) is 0. The molecular formula is C28H19N3. The summed E-state index contributed by atoms with van der Waals surface area (Å²) in [4.78, 5) is 8.25. The first kappa shape index (κ1) is 18.6. The van der Waals surface area contributed by atoms with Crippen molar-refractivity contribution in [3.8, 4) is 39.3 Å². The molecule has 4 aromatic carbocycles. The van der Waals surface area contributed by atoms with Crippen LogP contribution in [-0.2, 0) is 0 Å². The normalized spacial score (nSPS) is 10.5. The molecule has 5 rings (SSSR count). The van der Waals surface area contributed by atoms with Gasteiger partial charge in [-0.05, 0) is 17.2 Å². The summed E-state index contributed by atoms with van der Waals surface area (Å²) in [5, 5.41) is 0. The van der Waals surface area contributed by atoms with E-state index in [1.807, 2.05) is 48.8 Å². The van der Waals surface area contributed by atoms with Crippen molar-refractivity contribution >= 4 is 5.69 Å². The highest BCUT2D eigenvalue weighted by atomic mass is 15.1. The van der Waals surface area contributed by atoms with Gasteiger partial charge in [0.1, 0.15) is 5.82 Å². The van der Waals surface area contributed by atoms with Crippen molar-refractivity contribution in [2.24, 2.45) is 0 Å². The highest BCUT2D eigenvalue weighted by Crippen LogP contribution is 2.37. The first-order chi connectivity index (χ1) is 15.3. The van der Waals surface area contributed by atoms with E-state index in [-0.39, 0.29) is 0 Å². The number of hydrogen-bond acceptors (Lipinski definition) is 1. The van der Waals surface area contributed by atoms with Gasteiger partial charge in [-0.25, -0.2) is 9.83 Å². The third-order valence-electron chi connectivity index (χ3n) is 5.32. The summed E-state index contributed by atoms with van der Waals surface area (Å²) in [6.45, 7) is 7.37. The summed E-state index contributed by atoms with van der Waals surface area (Å²) in [6, 6.07) is 34.8. The van der Waals surface area contributed by atoms with E-state index >= 15 is 0 Å². The number of imidazole rings is 1. The van der Waals surface area contributed by atoms with Gasteiger partial charge in [0.2, 0.25) is 0 Å². The maximum absolute atomic E-state index is 7.37. The lowest BCUT2D eigenvalue weighted by Crippen LogP contribution is -2.02. The molecule has 0 atom stereocenters. The van der Waals surface area contributed by atoms with Crippen molar-refractivity contribution < 1.29 is 0 Å². The molecule has 0 spiro atoms. The Morgan fingerprint density at radius 1 is 0.645 bits per heavy atom. The van der Waals surface area contributed by atoms with E-state index in [9.17, 15) is 0 Å². The quantitative estimate of drug-likeness (QED) is 0.289. The van der Waals surface area contributed by atoms with Gasteiger partial charge in [0.05, 0.1) is 12.3 Å². The molecule has 0 bridgehead atoms. The number of benzene rings is 4. The Kier molecular flexibility index (Phi) is 4.88. The van der Waals surface area contributed by atoms with Crippen LogP contribution in [0.2, 0.25) is 0 Å². The molecule has 0 aliphatic carbocycles. The second kappa shape index (κ2) is 8.14. The summed E-state index contributed by atoms with van der Waals surface area (Å²) >= 11 is 0. The van der Waals surface area contributed by atoms with E-state index in [2.05, 4.69) is 81.1 Å². The molecular weight excluding hydrogens is 378 g/mol. The molecule has 31 heavy (non-hydrogen) atoms. The minimum absolute atomic E-state index is 0.603. The lowest BCUT2D eigenvalue weighted by molar-refractivity contribution is 1.07. The van der Waals surface area contributed by atoms with E-state index < -0.39 is 0 Å². The maximum atomic E-state index is 7.37. The first-order valence-electron chi connectivity index (χ1n) is 10.1. The van der Waals surface area contributed by atoms with E-state index in [1.54, 1.807) is 0 Å². The Morgan fingerprint density at radius 2 is 1.23 bits per heavy atom. The Balaban J connectivity index is 1.80. The molecule has 3 heteroatoms. The average Bonchev–Trinajstić information content (AvgIpc) is 3.34. The third kappa shape index (κ3) is 3.52. The molecule has 0 radical (unpaired) electrons. The second-order valence-electron chi connectivity index (χ2n) is 7.22. The van der Waals surface area contributed by atoms with Crippen molar-refractivity contribution in [1.82, 2.24) is 9.55 Å². The van der Waals surface area contributed by atoms with Crippen LogP contribution in [0, 0.1) is 6.57 Å². The molecule has 0 N–H and O–H groups in total. The maximum Gasteiger partial charge on any atom is 0.187 e. The Bertz CT molecular complexity index is 1320. The Hall–Kier alpha value is -4.42. The van der Waals surface area contributed by atoms with Crippen LogP contribution in [0.3, 0.4) is 0 Å². The molecule has 0 aliphatic rings. The molecule has 3 nitrogen and oxygen atoms in total. The summed E-state index contributed by atoms with van der Waals surface area (Å²) in [5.74, 6) is 0.811. The summed E-state index contributed by atoms with van der Waals surface area (Å²) in [6.07, 6.45) is 3.81. The van der Waals surface area contributed by atoms with Crippen LogP contribution in [0.1, 0.15) is 0 Å². The van der Waals surface area contributed by atoms with E-state index in [0.717, 1.165) is 39.3 Å². The van der Waals surface area contributed by atoms with Crippen LogP contribution >= 0.6 is 0 Å². The number of rotatable bonds is 4. The highest BCUT2D eigenvalue weighted by molar-refractivity contribution is 5.86. The van der Waals surface area contributed by atoms with Crippen LogP contribution < -0.4 is 0 Å². The molecule has 0 saturated carbocycles. The zero-order valence-electron chi connectivity index (χ0n) is 16.8. The number of aromatic nitrogens is 2. The van der Waals surface area contributed by atoms with Crippen LogP contribution in [0.15, 0.2) is 116 Å². The molecule has 0 unspecified atom stereocenters. The molecule has 5 aromatic rings. The van der Waals surface area contributed by atoms with Crippen LogP contribution in [0.4, 0.5) is 5.69 Å². The van der Waals surface area contributed by atoms with E-state index in [4.69, 9.17) is 6.57 Å². The van der Waals surface area contributed by atoms with Gasteiger partial charge in [0, 0.05) is 29.1 Å². The number of para-hydroxylation sites is 1. The predicted molar refractivity (Wildman–Crippen MR) is 126 cm³/mol. The summed E-state index contributed by atoms with van der Waals surface area (Å²) < 4.78 is 2.13. The van der Waals surface area contributed by atoms with Crippen LogP contribution in [0.25, 0.3) is 44.2 Å². The smallest absolute Gasteiger partial charge is 0.187 e. The fraction of sp³-hybridized carbons (Fsp3) is 0. The topological polar surface area (TPSA) is 22.2 Å². The van der Waals surface area contributed by atoms with Gasteiger partial charge in [0.15, 0.2) is 5.69 Å². The molecule has 0 amide bonds. The van der Waals surface area contributed by atoms with Gasteiger partial charge >= 0.3 is 0 Å². The van der Waals surface area contributed by atoms with Gasteiger partial charge in [0.25, 0.3) is 0 Å². The lowest BCUT2D eigenvalue weighted by atomic mass is 9.95. The Morgan fingerprint density at radius 3 is 1.84 bits per heavy atom. The molecule has 0 saturated heterocycles. The van der Waals surface area contributed by atoms with E-state index in [1.165, 1.54) is 0 Å². The fourth-order valence-electron chi connectivity index (χ4n) is 3.92. The van der Waals surface area contributed by atoms with Crippen LogP contribution in [-0.4, -0.2) is 9.55 Å². The minimum Gasteiger partial charge on any atom is -0.299 e. The fourth-order valence-corrected chi connectivity index (χ4v) is 3.92. The standard InChI is InChI=1S/C28H19N3/c1-29-24-15-8-14-23(20-24)28-30-18-19-31(28)27-25(21-10-4-2-5-11-21)16-9-17-26(27)22-12-6-3-7-13-22/h2-20H. The van der Waals surface area contributed by atoms with Crippen molar-refractivity contribution in [3.05, 3.63) is 127 Å². The number of hydrogen-bond donors (Lipinski definition) is 0. The third-order valence-corrected chi connectivity index (χ3v) is 5.32. The minimum atomic E-state index is 0.603. The molecule has 0 aliphatic heterocycles.